The molecule has 6 rings (SSSR count). The first-order valence-electron chi connectivity index (χ1n) is 12.8. The summed E-state index contributed by atoms with van der Waals surface area (Å²) >= 11 is 0. The predicted octanol–water partition coefficient (Wildman–Crippen LogP) is 7.50. The SMILES string of the molecule is COc1ccc(N2C=C(c3ccc([N+](=O)[O-])cc3)Nc3c2cc(OC)c2cccc(OC)c32)c2c(OC)cccc12. The minimum atomic E-state index is -0.408. The van der Waals surface area contributed by atoms with Gasteiger partial charge in [0.05, 0.1) is 66.9 Å². The molecule has 0 saturated carbocycles. The summed E-state index contributed by atoms with van der Waals surface area (Å²) in [5.41, 5.74) is 4.00. The van der Waals surface area contributed by atoms with Crippen LogP contribution < -0.4 is 29.2 Å². The van der Waals surface area contributed by atoms with Gasteiger partial charge >= 0.3 is 0 Å². The number of anilines is 3. The Morgan fingerprint density at radius 1 is 0.683 bits per heavy atom. The third-order valence-electron chi connectivity index (χ3n) is 7.31. The van der Waals surface area contributed by atoms with E-state index in [9.17, 15) is 10.1 Å². The quantitative estimate of drug-likeness (QED) is 0.165. The summed E-state index contributed by atoms with van der Waals surface area (Å²) < 4.78 is 23.2. The number of ether oxygens (including phenoxy) is 4. The van der Waals surface area contributed by atoms with Crippen molar-refractivity contribution in [2.45, 2.75) is 0 Å². The highest BCUT2D eigenvalue weighted by Gasteiger charge is 2.28. The van der Waals surface area contributed by atoms with Crippen LogP contribution in [0.2, 0.25) is 0 Å². The number of nitrogens with zero attached hydrogens (tertiary/aromatic N) is 2. The maximum atomic E-state index is 11.3. The van der Waals surface area contributed by atoms with E-state index in [1.54, 1.807) is 40.6 Å². The van der Waals surface area contributed by atoms with Crippen molar-refractivity contribution in [2.24, 2.45) is 0 Å². The van der Waals surface area contributed by atoms with Crippen molar-refractivity contribution in [3.05, 3.63) is 101 Å². The molecular weight excluding hydrogens is 522 g/mol. The highest BCUT2D eigenvalue weighted by atomic mass is 16.6. The van der Waals surface area contributed by atoms with Crippen LogP contribution in [-0.2, 0) is 0 Å². The van der Waals surface area contributed by atoms with E-state index in [4.69, 9.17) is 18.9 Å². The standard InChI is InChI=1S/C32H27N3O6/c1-38-26-16-15-24(30-21(26)7-5-9-27(30)39-2)34-18-23(19-11-13-20(14-12-19)35(36)37)33-32-25(34)17-29(41-4)22-8-6-10-28(40-3)31(22)32/h5-18,33H,1-4H3. The van der Waals surface area contributed by atoms with E-state index >= 15 is 0 Å². The van der Waals surface area contributed by atoms with Crippen LogP contribution in [0.3, 0.4) is 0 Å². The molecule has 0 radical (unpaired) electrons. The lowest BCUT2D eigenvalue weighted by atomic mass is 9.99. The Balaban J connectivity index is 1.69. The number of rotatable bonds is 7. The monoisotopic (exact) mass is 549 g/mol. The van der Waals surface area contributed by atoms with E-state index in [-0.39, 0.29) is 5.69 Å². The molecule has 0 bridgehead atoms. The van der Waals surface area contributed by atoms with Crippen molar-refractivity contribution in [1.29, 1.82) is 0 Å². The molecule has 206 valence electrons. The molecule has 9 nitrogen and oxygen atoms in total. The second-order valence-electron chi connectivity index (χ2n) is 9.37. The van der Waals surface area contributed by atoms with Gasteiger partial charge in [-0.3, -0.25) is 10.1 Å². The molecule has 0 atom stereocenters. The number of fused-ring (bicyclic) bond motifs is 4. The Bertz CT molecular complexity index is 1850. The summed E-state index contributed by atoms with van der Waals surface area (Å²) in [5, 5.41) is 18.4. The molecule has 0 saturated heterocycles. The third kappa shape index (κ3) is 4.19. The van der Waals surface area contributed by atoms with Crippen LogP contribution in [0.5, 0.6) is 23.0 Å². The number of nitrogens with one attached hydrogen (secondary N) is 1. The van der Waals surface area contributed by atoms with Crippen molar-refractivity contribution in [3.8, 4) is 23.0 Å². The molecule has 0 unspecified atom stereocenters. The molecule has 1 heterocycles. The highest BCUT2D eigenvalue weighted by molar-refractivity contribution is 6.14. The van der Waals surface area contributed by atoms with Gasteiger partial charge in [-0.1, -0.05) is 24.3 Å². The van der Waals surface area contributed by atoms with Gasteiger partial charge in [0.15, 0.2) is 0 Å². The van der Waals surface area contributed by atoms with Crippen LogP contribution in [0.25, 0.3) is 27.2 Å². The smallest absolute Gasteiger partial charge is 0.269 e. The Hall–Kier alpha value is -5.44. The largest absolute Gasteiger partial charge is 0.496 e. The van der Waals surface area contributed by atoms with E-state index in [0.29, 0.717) is 17.2 Å². The van der Waals surface area contributed by atoms with E-state index in [2.05, 4.69) is 10.2 Å². The van der Waals surface area contributed by atoms with Gasteiger partial charge in [0.25, 0.3) is 5.69 Å². The average Bonchev–Trinajstić information content (AvgIpc) is 3.02. The van der Waals surface area contributed by atoms with Crippen molar-refractivity contribution in [3.63, 3.8) is 0 Å². The van der Waals surface area contributed by atoms with Gasteiger partial charge in [-0.15, -0.1) is 0 Å². The number of hydrogen-bond acceptors (Lipinski definition) is 8. The molecule has 5 aromatic rings. The molecule has 1 aliphatic heterocycles. The maximum Gasteiger partial charge on any atom is 0.269 e. The first kappa shape index (κ1) is 25.8. The Morgan fingerprint density at radius 3 is 1.90 bits per heavy atom. The number of methoxy groups -OCH3 is 4. The highest BCUT2D eigenvalue weighted by Crippen LogP contribution is 2.51. The van der Waals surface area contributed by atoms with Crippen LogP contribution in [0.1, 0.15) is 5.56 Å². The fourth-order valence-electron chi connectivity index (χ4n) is 5.40. The van der Waals surface area contributed by atoms with Crippen molar-refractivity contribution in [1.82, 2.24) is 0 Å². The second kappa shape index (κ2) is 10.3. The van der Waals surface area contributed by atoms with Crippen LogP contribution >= 0.6 is 0 Å². The van der Waals surface area contributed by atoms with Gasteiger partial charge in [-0.25, -0.2) is 0 Å². The van der Waals surface area contributed by atoms with E-state index in [1.807, 2.05) is 60.8 Å². The number of hydrogen-bond donors (Lipinski definition) is 1. The molecule has 0 fully saturated rings. The molecule has 1 aliphatic rings. The minimum Gasteiger partial charge on any atom is -0.496 e. The van der Waals surface area contributed by atoms with Gasteiger partial charge in [-0.2, -0.15) is 0 Å². The van der Waals surface area contributed by atoms with E-state index in [1.165, 1.54) is 12.1 Å². The molecular formula is C32H27N3O6. The number of non-ortho nitro benzene ring substituents is 1. The predicted molar refractivity (Wildman–Crippen MR) is 161 cm³/mol. The summed E-state index contributed by atoms with van der Waals surface area (Å²) in [4.78, 5) is 13.0. The number of nitro benzene ring substituents is 1. The fourth-order valence-corrected chi connectivity index (χ4v) is 5.40. The van der Waals surface area contributed by atoms with Gasteiger partial charge in [0.2, 0.25) is 0 Å². The zero-order valence-corrected chi connectivity index (χ0v) is 22.9. The lowest BCUT2D eigenvalue weighted by Crippen LogP contribution is -2.20. The summed E-state index contributed by atoms with van der Waals surface area (Å²) in [7, 11) is 6.56. The normalized spacial score (nSPS) is 12.4. The molecule has 5 aromatic carbocycles. The summed E-state index contributed by atoms with van der Waals surface area (Å²) in [5.74, 6) is 2.76. The van der Waals surface area contributed by atoms with Crippen molar-refractivity contribution in [2.75, 3.05) is 38.7 Å². The van der Waals surface area contributed by atoms with Gasteiger partial charge in [0.1, 0.15) is 23.0 Å². The Morgan fingerprint density at radius 2 is 1.29 bits per heavy atom. The lowest BCUT2D eigenvalue weighted by Gasteiger charge is -2.33. The van der Waals surface area contributed by atoms with Crippen LogP contribution in [-0.4, -0.2) is 33.4 Å². The molecule has 0 aromatic heterocycles. The number of benzene rings is 5. The van der Waals surface area contributed by atoms with Gasteiger partial charge in [0, 0.05) is 35.2 Å². The summed E-state index contributed by atoms with van der Waals surface area (Å²) in [6.45, 7) is 0. The van der Waals surface area contributed by atoms with Crippen LogP contribution in [0.15, 0.2) is 85.1 Å². The average molecular weight is 550 g/mol. The third-order valence-corrected chi connectivity index (χ3v) is 7.31. The van der Waals surface area contributed by atoms with Gasteiger partial charge in [-0.05, 0) is 42.0 Å². The molecule has 0 amide bonds. The minimum absolute atomic E-state index is 0.0187. The van der Waals surface area contributed by atoms with Crippen LogP contribution in [0.4, 0.5) is 22.7 Å². The zero-order valence-electron chi connectivity index (χ0n) is 22.9. The zero-order chi connectivity index (χ0) is 28.7. The lowest BCUT2D eigenvalue weighted by molar-refractivity contribution is -0.384. The first-order chi connectivity index (χ1) is 20.0. The van der Waals surface area contributed by atoms with E-state index in [0.717, 1.165) is 55.6 Å². The Kier molecular flexibility index (Phi) is 6.47. The first-order valence-corrected chi connectivity index (χ1v) is 12.8. The van der Waals surface area contributed by atoms with Crippen molar-refractivity contribution < 1.29 is 23.9 Å². The fraction of sp³-hybridized carbons (Fsp3) is 0.125. The molecule has 0 spiro atoms. The second-order valence-corrected chi connectivity index (χ2v) is 9.37. The van der Waals surface area contributed by atoms with Crippen molar-refractivity contribution >= 4 is 50.0 Å². The maximum absolute atomic E-state index is 11.3. The number of nitro groups is 1. The summed E-state index contributed by atoms with van der Waals surface area (Å²) in [6.07, 6.45) is 1.97. The molecule has 1 N–H and O–H groups in total. The van der Waals surface area contributed by atoms with E-state index < -0.39 is 4.92 Å². The molecule has 0 aliphatic carbocycles. The molecule has 41 heavy (non-hydrogen) atoms. The van der Waals surface area contributed by atoms with Gasteiger partial charge < -0.3 is 29.2 Å². The van der Waals surface area contributed by atoms with Crippen LogP contribution in [0, 0.1) is 10.1 Å². The molecule has 9 heteroatoms. The summed E-state index contributed by atoms with van der Waals surface area (Å²) in [6, 6.07) is 24.0. The Labute approximate surface area is 236 Å². The topological polar surface area (TPSA) is 95.3 Å².